The normalized spacial score (nSPS) is 20.6. The van der Waals surface area contributed by atoms with Crippen LogP contribution in [-0.2, 0) is 6.54 Å². The Morgan fingerprint density at radius 3 is 2.82 bits per heavy atom. The number of aromatic amines is 1. The maximum atomic E-state index is 3.94. The van der Waals surface area contributed by atoms with Crippen LogP contribution < -0.4 is 5.32 Å². The van der Waals surface area contributed by atoms with Crippen molar-refractivity contribution in [2.75, 3.05) is 19.6 Å². The lowest BCUT2D eigenvalue weighted by molar-refractivity contribution is 0.168. The van der Waals surface area contributed by atoms with Gasteiger partial charge in [-0.2, -0.15) is 5.21 Å². The number of piperidine rings is 1. The Morgan fingerprint density at radius 2 is 2.24 bits per heavy atom. The van der Waals surface area contributed by atoms with Gasteiger partial charge in [0.2, 0.25) is 0 Å². The topological polar surface area (TPSA) is 69.7 Å². The van der Waals surface area contributed by atoms with Gasteiger partial charge in [0.05, 0.1) is 6.54 Å². The number of H-pyrrole nitrogens is 1. The summed E-state index contributed by atoms with van der Waals surface area (Å²) in [6.07, 6.45) is 2.57. The zero-order chi connectivity index (χ0) is 12.1. The molecule has 1 aliphatic rings. The zero-order valence-electron chi connectivity index (χ0n) is 10.7. The van der Waals surface area contributed by atoms with Crippen LogP contribution in [0.1, 0.15) is 32.5 Å². The molecule has 1 saturated heterocycles. The minimum absolute atomic E-state index is 0.521. The Bertz CT molecular complexity index is 304. The first-order valence-corrected chi connectivity index (χ1v) is 6.47. The van der Waals surface area contributed by atoms with Crippen LogP contribution in [0.2, 0.25) is 0 Å². The lowest BCUT2D eigenvalue weighted by Gasteiger charge is -2.34. The fourth-order valence-corrected chi connectivity index (χ4v) is 2.45. The van der Waals surface area contributed by atoms with Gasteiger partial charge in [-0.1, -0.05) is 12.1 Å². The molecule has 6 nitrogen and oxygen atoms in total. The maximum absolute atomic E-state index is 3.94. The molecular weight excluding hydrogens is 216 g/mol. The van der Waals surface area contributed by atoms with E-state index in [-0.39, 0.29) is 0 Å². The summed E-state index contributed by atoms with van der Waals surface area (Å²) in [7, 11) is 0. The molecule has 0 spiro atoms. The zero-order valence-corrected chi connectivity index (χ0v) is 10.7. The van der Waals surface area contributed by atoms with Gasteiger partial charge >= 0.3 is 0 Å². The average molecular weight is 238 g/mol. The van der Waals surface area contributed by atoms with E-state index in [1.165, 1.54) is 32.5 Å². The second-order valence-electron chi connectivity index (χ2n) is 4.77. The third kappa shape index (κ3) is 3.47. The van der Waals surface area contributed by atoms with Gasteiger partial charge < -0.3 is 10.2 Å². The fraction of sp³-hybridized carbons (Fsp3) is 0.909. The van der Waals surface area contributed by atoms with Crippen molar-refractivity contribution in [1.29, 1.82) is 0 Å². The number of likely N-dealkylation sites (tertiary alicyclic amines) is 1. The number of aromatic nitrogens is 4. The van der Waals surface area contributed by atoms with Crippen LogP contribution in [0.4, 0.5) is 0 Å². The van der Waals surface area contributed by atoms with Gasteiger partial charge in [0.15, 0.2) is 5.82 Å². The molecule has 1 atom stereocenters. The third-order valence-electron chi connectivity index (χ3n) is 3.76. The Morgan fingerprint density at radius 1 is 1.47 bits per heavy atom. The van der Waals surface area contributed by atoms with Gasteiger partial charge in [-0.3, -0.25) is 0 Å². The first-order chi connectivity index (χ1) is 8.29. The SMILES string of the molecule is CCN1CCC(C(C)NCc2nn[nH]n2)CC1. The molecule has 0 aliphatic carbocycles. The number of rotatable bonds is 5. The monoisotopic (exact) mass is 238 g/mol. The second kappa shape index (κ2) is 6.07. The van der Waals surface area contributed by atoms with Crippen LogP contribution in [0.5, 0.6) is 0 Å². The molecule has 17 heavy (non-hydrogen) atoms. The third-order valence-corrected chi connectivity index (χ3v) is 3.76. The lowest BCUT2D eigenvalue weighted by atomic mass is 9.90. The van der Waals surface area contributed by atoms with Crippen molar-refractivity contribution in [3.8, 4) is 0 Å². The van der Waals surface area contributed by atoms with Crippen molar-refractivity contribution < 1.29 is 0 Å². The standard InChI is InChI=1S/C11H22N6/c1-3-17-6-4-10(5-7-17)9(2)12-8-11-13-15-16-14-11/h9-10,12H,3-8H2,1-2H3,(H,13,14,15,16). The van der Waals surface area contributed by atoms with Gasteiger partial charge in [0.25, 0.3) is 0 Å². The molecule has 0 amide bonds. The van der Waals surface area contributed by atoms with Crippen molar-refractivity contribution in [2.45, 2.75) is 39.3 Å². The van der Waals surface area contributed by atoms with Gasteiger partial charge in [-0.05, 0) is 45.3 Å². The Kier molecular flexibility index (Phi) is 4.44. The van der Waals surface area contributed by atoms with E-state index in [1.54, 1.807) is 0 Å². The van der Waals surface area contributed by atoms with Crippen LogP contribution in [0.25, 0.3) is 0 Å². The van der Waals surface area contributed by atoms with E-state index in [0.717, 1.165) is 11.7 Å². The summed E-state index contributed by atoms with van der Waals surface area (Å²) in [6.45, 7) is 8.83. The molecule has 2 rings (SSSR count). The van der Waals surface area contributed by atoms with E-state index >= 15 is 0 Å². The van der Waals surface area contributed by atoms with Gasteiger partial charge in [-0.15, -0.1) is 10.2 Å². The van der Waals surface area contributed by atoms with Crippen molar-refractivity contribution in [3.05, 3.63) is 5.82 Å². The van der Waals surface area contributed by atoms with Gasteiger partial charge in [0.1, 0.15) is 0 Å². The Balaban J connectivity index is 1.71. The molecule has 0 saturated carbocycles. The van der Waals surface area contributed by atoms with Crippen molar-refractivity contribution in [3.63, 3.8) is 0 Å². The first-order valence-electron chi connectivity index (χ1n) is 6.47. The summed E-state index contributed by atoms with van der Waals surface area (Å²) in [4.78, 5) is 2.52. The summed E-state index contributed by atoms with van der Waals surface area (Å²) in [5, 5.41) is 17.4. The molecule has 6 heteroatoms. The van der Waals surface area contributed by atoms with Crippen molar-refractivity contribution >= 4 is 0 Å². The predicted molar refractivity (Wildman–Crippen MR) is 65.3 cm³/mol. The minimum Gasteiger partial charge on any atom is -0.307 e. The highest BCUT2D eigenvalue weighted by molar-refractivity contribution is 4.82. The predicted octanol–water partition coefficient (Wildman–Crippen LogP) is 0.410. The molecule has 0 bridgehead atoms. The molecule has 1 fully saturated rings. The molecule has 1 aromatic rings. The van der Waals surface area contributed by atoms with Crippen LogP contribution in [0.15, 0.2) is 0 Å². The largest absolute Gasteiger partial charge is 0.307 e. The van der Waals surface area contributed by atoms with E-state index in [0.29, 0.717) is 12.6 Å². The van der Waals surface area contributed by atoms with E-state index in [2.05, 4.69) is 44.7 Å². The summed E-state index contributed by atoms with van der Waals surface area (Å²) in [6, 6.07) is 0.521. The highest BCUT2D eigenvalue weighted by atomic mass is 15.5. The fourth-order valence-electron chi connectivity index (χ4n) is 2.45. The minimum atomic E-state index is 0.521. The molecule has 0 radical (unpaired) electrons. The van der Waals surface area contributed by atoms with E-state index in [1.807, 2.05) is 0 Å². The number of hydrogen-bond acceptors (Lipinski definition) is 5. The lowest BCUT2D eigenvalue weighted by Crippen LogP contribution is -2.41. The van der Waals surface area contributed by atoms with Crippen LogP contribution in [-0.4, -0.2) is 51.2 Å². The number of tetrazole rings is 1. The average Bonchev–Trinajstić information content (AvgIpc) is 2.89. The summed E-state index contributed by atoms with van der Waals surface area (Å²) < 4.78 is 0. The first kappa shape index (κ1) is 12.4. The Labute approximate surface area is 102 Å². The quantitative estimate of drug-likeness (QED) is 0.777. The molecular formula is C11H22N6. The smallest absolute Gasteiger partial charge is 0.188 e. The molecule has 1 aliphatic heterocycles. The summed E-state index contributed by atoms with van der Waals surface area (Å²) >= 11 is 0. The van der Waals surface area contributed by atoms with Gasteiger partial charge in [-0.25, -0.2) is 0 Å². The number of hydrogen-bond donors (Lipinski definition) is 2. The van der Waals surface area contributed by atoms with Crippen molar-refractivity contribution in [2.24, 2.45) is 5.92 Å². The van der Waals surface area contributed by atoms with Crippen molar-refractivity contribution in [1.82, 2.24) is 30.8 Å². The summed E-state index contributed by atoms with van der Waals surface area (Å²) in [5.41, 5.74) is 0. The van der Waals surface area contributed by atoms with E-state index in [4.69, 9.17) is 0 Å². The maximum Gasteiger partial charge on any atom is 0.188 e. The summed E-state index contributed by atoms with van der Waals surface area (Å²) in [5.74, 6) is 1.51. The molecule has 1 unspecified atom stereocenters. The second-order valence-corrected chi connectivity index (χ2v) is 4.77. The highest BCUT2D eigenvalue weighted by Gasteiger charge is 2.22. The van der Waals surface area contributed by atoms with Crippen LogP contribution in [0.3, 0.4) is 0 Å². The van der Waals surface area contributed by atoms with Crippen LogP contribution >= 0.6 is 0 Å². The van der Waals surface area contributed by atoms with Crippen LogP contribution in [0, 0.1) is 5.92 Å². The molecule has 0 aromatic carbocycles. The van der Waals surface area contributed by atoms with E-state index < -0.39 is 0 Å². The molecule has 2 N–H and O–H groups in total. The number of nitrogens with zero attached hydrogens (tertiary/aromatic N) is 4. The highest BCUT2D eigenvalue weighted by Crippen LogP contribution is 2.20. The molecule has 96 valence electrons. The van der Waals surface area contributed by atoms with E-state index in [9.17, 15) is 0 Å². The number of nitrogens with one attached hydrogen (secondary N) is 2. The van der Waals surface area contributed by atoms with Gasteiger partial charge in [0, 0.05) is 6.04 Å². The molecule has 1 aromatic heterocycles. The molecule has 2 heterocycles. The Hall–Kier alpha value is -1.01.